The molecule has 0 unspecified atom stereocenters. The minimum atomic E-state index is 0.973. The largest absolute Gasteiger partial charge is 0.381 e. The van der Waals surface area contributed by atoms with Crippen LogP contribution in [-0.2, 0) is 4.74 Å². The molecular formula is C10H21NO. The number of piperidine rings is 1. The summed E-state index contributed by atoms with van der Waals surface area (Å²) in [6, 6.07) is 0. The van der Waals surface area contributed by atoms with E-state index in [0.717, 1.165) is 19.1 Å². The summed E-state index contributed by atoms with van der Waals surface area (Å²) in [7, 11) is 0. The van der Waals surface area contributed by atoms with Gasteiger partial charge in [0.15, 0.2) is 0 Å². The molecule has 0 aromatic rings. The maximum absolute atomic E-state index is 4.94. The number of ether oxygens (including phenoxy) is 1. The predicted molar refractivity (Wildman–Crippen MR) is 51.3 cm³/mol. The van der Waals surface area contributed by atoms with E-state index < -0.39 is 0 Å². The number of rotatable bonds is 0. The van der Waals surface area contributed by atoms with Crippen molar-refractivity contribution in [1.82, 2.24) is 5.32 Å². The normalized spacial score (nSPS) is 24.8. The minimum absolute atomic E-state index is 0.973. The minimum Gasteiger partial charge on any atom is -0.381 e. The molecule has 0 spiro atoms. The molecule has 2 nitrogen and oxygen atoms in total. The van der Waals surface area contributed by atoms with Crippen LogP contribution >= 0.6 is 0 Å². The Balaban J connectivity index is 0.000000127. The van der Waals surface area contributed by atoms with Gasteiger partial charge < -0.3 is 10.1 Å². The molecule has 0 aromatic carbocycles. The molecule has 0 aromatic heterocycles. The molecule has 0 aliphatic carbocycles. The van der Waals surface area contributed by atoms with Crippen molar-refractivity contribution in [3.05, 3.63) is 0 Å². The molecule has 2 rings (SSSR count). The first kappa shape index (κ1) is 10.0. The molecule has 2 saturated heterocycles. The monoisotopic (exact) mass is 171 g/mol. The highest BCUT2D eigenvalue weighted by atomic mass is 16.5. The third kappa shape index (κ3) is 4.73. The van der Waals surface area contributed by atoms with Crippen molar-refractivity contribution >= 4 is 0 Å². The van der Waals surface area contributed by atoms with E-state index in [1.54, 1.807) is 0 Å². The molecule has 0 atom stereocenters. The summed E-state index contributed by atoms with van der Waals surface area (Å²) >= 11 is 0. The molecule has 2 fully saturated rings. The second kappa shape index (κ2) is 6.44. The Labute approximate surface area is 75.7 Å². The van der Waals surface area contributed by atoms with Crippen molar-refractivity contribution < 1.29 is 4.74 Å². The van der Waals surface area contributed by atoms with E-state index in [2.05, 4.69) is 12.2 Å². The predicted octanol–water partition coefficient (Wildman–Crippen LogP) is 1.80. The Kier molecular flexibility index (Phi) is 5.37. The highest BCUT2D eigenvalue weighted by molar-refractivity contribution is 4.62. The van der Waals surface area contributed by atoms with Crippen molar-refractivity contribution in [2.24, 2.45) is 5.92 Å². The van der Waals surface area contributed by atoms with Gasteiger partial charge in [0.1, 0.15) is 0 Å². The van der Waals surface area contributed by atoms with Crippen molar-refractivity contribution in [1.29, 1.82) is 0 Å². The molecular weight excluding hydrogens is 150 g/mol. The van der Waals surface area contributed by atoms with E-state index in [4.69, 9.17) is 4.74 Å². The molecule has 2 aliphatic heterocycles. The summed E-state index contributed by atoms with van der Waals surface area (Å²) in [6.45, 7) is 6.79. The Morgan fingerprint density at radius 1 is 1.08 bits per heavy atom. The fourth-order valence-electron chi connectivity index (χ4n) is 1.48. The fourth-order valence-corrected chi connectivity index (χ4v) is 1.48. The van der Waals surface area contributed by atoms with Crippen LogP contribution in [0.15, 0.2) is 0 Å². The number of hydrogen-bond acceptors (Lipinski definition) is 2. The van der Waals surface area contributed by atoms with Crippen LogP contribution in [0.1, 0.15) is 32.6 Å². The van der Waals surface area contributed by atoms with Crippen molar-refractivity contribution in [2.45, 2.75) is 32.6 Å². The van der Waals surface area contributed by atoms with Gasteiger partial charge in [0.25, 0.3) is 0 Å². The van der Waals surface area contributed by atoms with Crippen molar-refractivity contribution in [3.8, 4) is 0 Å². The average Bonchev–Trinajstić information content (AvgIpc) is 2.62. The van der Waals surface area contributed by atoms with E-state index in [1.807, 2.05) is 0 Å². The lowest BCUT2D eigenvalue weighted by atomic mass is 10.0. The van der Waals surface area contributed by atoms with E-state index in [-0.39, 0.29) is 0 Å². The molecule has 2 aliphatic rings. The third-order valence-corrected chi connectivity index (χ3v) is 2.46. The standard InChI is InChI=1S/C6H13N.C4H8O/c1-6-2-4-7-5-3-6;1-2-4-5-3-1/h6-7H,2-5H2,1H3;1-4H2. The SMILES string of the molecule is C1CCOC1.CC1CCNCC1. The second-order valence-electron chi connectivity index (χ2n) is 3.75. The maximum atomic E-state index is 4.94. The van der Waals surface area contributed by atoms with E-state index in [9.17, 15) is 0 Å². The van der Waals surface area contributed by atoms with Crippen LogP contribution in [0.4, 0.5) is 0 Å². The van der Waals surface area contributed by atoms with Gasteiger partial charge in [-0.15, -0.1) is 0 Å². The number of nitrogens with one attached hydrogen (secondary N) is 1. The Hall–Kier alpha value is -0.0800. The zero-order chi connectivity index (χ0) is 8.65. The molecule has 2 heterocycles. The molecule has 12 heavy (non-hydrogen) atoms. The Morgan fingerprint density at radius 2 is 1.67 bits per heavy atom. The fraction of sp³-hybridized carbons (Fsp3) is 1.00. The van der Waals surface area contributed by atoms with Crippen LogP contribution in [0.5, 0.6) is 0 Å². The molecule has 0 saturated carbocycles. The lowest BCUT2D eigenvalue weighted by Gasteiger charge is -2.17. The summed E-state index contributed by atoms with van der Waals surface area (Å²) in [6.07, 6.45) is 5.31. The highest BCUT2D eigenvalue weighted by Crippen LogP contribution is 2.08. The van der Waals surface area contributed by atoms with Crippen LogP contribution < -0.4 is 5.32 Å². The molecule has 0 bridgehead atoms. The first-order valence-electron chi connectivity index (χ1n) is 5.18. The van der Waals surface area contributed by atoms with Crippen molar-refractivity contribution in [2.75, 3.05) is 26.3 Å². The highest BCUT2D eigenvalue weighted by Gasteiger charge is 2.05. The van der Waals surface area contributed by atoms with Crippen LogP contribution in [-0.4, -0.2) is 26.3 Å². The summed E-state index contributed by atoms with van der Waals surface area (Å²) in [5.41, 5.74) is 0. The Morgan fingerprint density at radius 3 is 1.92 bits per heavy atom. The van der Waals surface area contributed by atoms with E-state index in [0.29, 0.717) is 0 Å². The number of hydrogen-bond donors (Lipinski definition) is 1. The third-order valence-electron chi connectivity index (χ3n) is 2.46. The molecule has 2 heteroatoms. The molecule has 72 valence electrons. The van der Waals surface area contributed by atoms with Gasteiger partial charge in [0.05, 0.1) is 0 Å². The lowest BCUT2D eigenvalue weighted by Crippen LogP contribution is -2.26. The lowest BCUT2D eigenvalue weighted by molar-refractivity contribution is 0.198. The van der Waals surface area contributed by atoms with Gasteiger partial charge in [0.2, 0.25) is 0 Å². The summed E-state index contributed by atoms with van der Waals surface area (Å²) in [5, 5.41) is 3.32. The van der Waals surface area contributed by atoms with Crippen LogP contribution in [0.25, 0.3) is 0 Å². The summed E-state index contributed by atoms with van der Waals surface area (Å²) in [5.74, 6) is 0.973. The van der Waals surface area contributed by atoms with E-state index in [1.165, 1.54) is 38.8 Å². The zero-order valence-corrected chi connectivity index (χ0v) is 8.14. The smallest absolute Gasteiger partial charge is 0.0466 e. The average molecular weight is 171 g/mol. The van der Waals surface area contributed by atoms with Crippen LogP contribution in [0.2, 0.25) is 0 Å². The first-order valence-corrected chi connectivity index (χ1v) is 5.18. The van der Waals surface area contributed by atoms with Crippen LogP contribution in [0.3, 0.4) is 0 Å². The van der Waals surface area contributed by atoms with Gasteiger partial charge in [0, 0.05) is 13.2 Å². The summed E-state index contributed by atoms with van der Waals surface area (Å²) < 4.78 is 4.94. The molecule has 1 N–H and O–H groups in total. The molecule has 0 radical (unpaired) electrons. The van der Waals surface area contributed by atoms with Gasteiger partial charge in [-0.1, -0.05) is 6.92 Å². The van der Waals surface area contributed by atoms with Gasteiger partial charge in [-0.2, -0.15) is 0 Å². The van der Waals surface area contributed by atoms with Crippen LogP contribution in [0, 0.1) is 5.92 Å². The van der Waals surface area contributed by atoms with E-state index >= 15 is 0 Å². The van der Waals surface area contributed by atoms with Gasteiger partial charge in [-0.05, 0) is 44.7 Å². The first-order chi connectivity index (χ1) is 5.89. The van der Waals surface area contributed by atoms with Gasteiger partial charge in [-0.25, -0.2) is 0 Å². The quantitative estimate of drug-likeness (QED) is 0.600. The van der Waals surface area contributed by atoms with Gasteiger partial charge in [-0.3, -0.25) is 0 Å². The zero-order valence-electron chi connectivity index (χ0n) is 8.14. The molecule has 0 amide bonds. The second-order valence-corrected chi connectivity index (χ2v) is 3.75. The summed E-state index contributed by atoms with van der Waals surface area (Å²) in [4.78, 5) is 0. The van der Waals surface area contributed by atoms with Gasteiger partial charge >= 0.3 is 0 Å². The maximum Gasteiger partial charge on any atom is 0.0466 e. The topological polar surface area (TPSA) is 21.3 Å². The van der Waals surface area contributed by atoms with Crippen molar-refractivity contribution in [3.63, 3.8) is 0 Å². The Bertz CT molecular complexity index is 88.4.